The fourth-order valence-corrected chi connectivity index (χ4v) is 3.74. The van der Waals surface area contributed by atoms with Crippen LogP contribution in [0.4, 0.5) is 0 Å². The fourth-order valence-electron chi connectivity index (χ4n) is 3.74. The first-order valence-corrected chi connectivity index (χ1v) is 16.6. The molecule has 0 saturated heterocycles. The van der Waals surface area contributed by atoms with Gasteiger partial charge in [0.15, 0.2) is 0 Å². The second-order valence-electron chi connectivity index (χ2n) is 9.96. The molecular formula is C32H59NO13. The Kier molecular flexibility index (Phi) is 32.1. The lowest BCUT2D eigenvalue weighted by molar-refractivity contribution is -0.137. The molecule has 0 aromatic carbocycles. The molecule has 0 atom stereocenters. The van der Waals surface area contributed by atoms with Crippen molar-refractivity contribution in [3.63, 3.8) is 0 Å². The van der Waals surface area contributed by atoms with Gasteiger partial charge in [0, 0.05) is 18.8 Å². The summed E-state index contributed by atoms with van der Waals surface area (Å²) >= 11 is 0. The average molecular weight is 666 g/mol. The number of unbranched alkanes of at least 4 members (excludes halogenated alkanes) is 3. The van der Waals surface area contributed by atoms with E-state index < -0.39 is 0 Å². The van der Waals surface area contributed by atoms with Crippen LogP contribution in [0, 0.1) is 0 Å². The summed E-state index contributed by atoms with van der Waals surface area (Å²) in [5, 5.41) is 0. The quantitative estimate of drug-likeness (QED) is 0.0699. The number of hydrogen-bond acceptors (Lipinski definition) is 13. The predicted octanol–water partition coefficient (Wildman–Crippen LogP) is 1.67. The Morgan fingerprint density at radius 2 is 0.630 bits per heavy atom. The van der Waals surface area contributed by atoms with Gasteiger partial charge in [0.1, 0.15) is 0 Å². The topological polar surface area (TPSA) is 139 Å². The van der Waals surface area contributed by atoms with Gasteiger partial charge in [-0.15, -0.1) is 0 Å². The molecule has 0 bridgehead atoms. The highest BCUT2D eigenvalue weighted by Gasteiger charge is 2.22. The molecule has 1 heterocycles. The molecule has 0 saturated carbocycles. The summed E-state index contributed by atoms with van der Waals surface area (Å²) in [4.78, 5) is 23.9. The minimum Gasteiger partial charge on any atom is -0.379 e. The number of hydrogen-bond donors (Lipinski definition) is 0. The zero-order valence-corrected chi connectivity index (χ0v) is 28.0. The van der Waals surface area contributed by atoms with E-state index in [9.17, 15) is 9.59 Å². The van der Waals surface area contributed by atoms with Crippen LogP contribution in [0.3, 0.4) is 0 Å². The first-order valence-electron chi connectivity index (χ1n) is 16.6. The maximum atomic E-state index is 11.4. The van der Waals surface area contributed by atoms with Gasteiger partial charge >= 0.3 is 0 Å². The Morgan fingerprint density at radius 1 is 0.370 bits per heavy atom. The van der Waals surface area contributed by atoms with Gasteiger partial charge in [0.25, 0.3) is 11.8 Å². The smallest absolute Gasteiger partial charge is 0.253 e. The minimum atomic E-state index is -0.305. The fraction of sp³-hybridized carbons (Fsp3) is 0.875. The summed E-state index contributed by atoms with van der Waals surface area (Å²) in [6, 6.07) is 0. The third kappa shape index (κ3) is 28.6. The molecule has 0 fully saturated rings. The van der Waals surface area contributed by atoms with Gasteiger partial charge in [-0.05, 0) is 6.42 Å². The van der Waals surface area contributed by atoms with Gasteiger partial charge in [-0.3, -0.25) is 14.5 Å². The standard InChI is InChI=1S/C32H59NO13/c1-2-3-4-5-9-36-11-13-38-15-17-40-19-21-42-23-25-44-27-29-46-30-28-45-26-24-43-22-20-41-18-16-39-14-12-37-10-8-33-31(34)6-7-32(33)35/h6-7H,2-5,8-30H2,1H3. The molecule has 1 aliphatic heterocycles. The highest BCUT2D eigenvalue weighted by atomic mass is 16.6. The Labute approximate surface area is 275 Å². The molecule has 0 unspecified atom stereocenters. The molecule has 0 radical (unpaired) electrons. The van der Waals surface area contributed by atoms with Crippen LogP contribution in [0.1, 0.15) is 32.6 Å². The summed E-state index contributed by atoms with van der Waals surface area (Å²) in [7, 11) is 0. The van der Waals surface area contributed by atoms with Crippen LogP contribution in [-0.2, 0) is 61.7 Å². The maximum absolute atomic E-state index is 11.4. The Bertz CT molecular complexity index is 696. The van der Waals surface area contributed by atoms with Gasteiger partial charge in [-0.1, -0.05) is 26.2 Å². The normalized spacial score (nSPS) is 13.1. The highest BCUT2D eigenvalue weighted by molar-refractivity contribution is 6.12. The minimum absolute atomic E-state index is 0.241. The molecule has 0 aromatic rings. The van der Waals surface area contributed by atoms with Crippen LogP contribution >= 0.6 is 0 Å². The molecule has 0 aliphatic carbocycles. The predicted molar refractivity (Wildman–Crippen MR) is 169 cm³/mol. The van der Waals surface area contributed by atoms with Gasteiger partial charge < -0.3 is 52.1 Å². The molecule has 46 heavy (non-hydrogen) atoms. The summed E-state index contributed by atoms with van der Waals surface area (Å²) in [5.41, 5.74) is 0. The van der Waals surface area contributed by atoms with E-state index in [1.165, 1.54) is 31.4 Å². The Balaban J connectivity index is 1.62. The van der Waals surface area contributed by atoms with Crippen molar-refractivity contribution in [3.8, 4) is 0 Å². The third-order valence-electron chi connectivity index (χ3n) is 6.22. The zero-order chi connectivity index (χ0) is 33.0. The number of rotatable bonds is 38. The van der Waals surface area contributed by atoms with Crippen molar-refractivity contribution >= 4 is 11.8 Å². The molecule has 1 rings (SSSR count). The van der Waals surface area contributed by atoms with E-state index in [1.54, 1.807) is 0 Å². The maximum Gasteiger partial charge on any atom is 0.253 e. The number of imide groups is 1. The first kappa shape index (κ1) is 42.5. The molecular weight excluding hydrogens is 606 g/mol. The number of nitrogens with zero attached hydrogens (tertiary/aromatic N) is 1. The molecule has 14 heteroatoms. The van der Waals surface area contributed by atoms with E-state index in [-0.39, 0.29) is 25.0 Å². The van der Waals surface area contributed by atoms with E-state index in [2.05, 4.69) is 6.92 Å². The molecule has 270 valence electrons. The van der Waals surface area contributed by atoms with Crippen LogP contribution in [0.2, 0.25) is 0 Å². The monoisotopic (exact) mass is 665 g/mol. The van der Waals surface area contributed by atoms with Gasteiger partial charge in [-0.2, -0.15) is 0 Å². The first-order chi connectivity index (χ1) is 22.8. The largest absolute Gasteiger partial charge is 0.379 e. The van der Waals surface area contributed by atoms with Crippen LogP contribution in [0.5, 0.6) is 0 Å². The van der Waals surface area contributed by atoms with Crippen LogP contribution in [-0.4, -0.2) is 169 Å². The van der Waals surface area contributed by atoms with Crippen LogP contribution in [0.15, 0.2) is 12.2 Å². The highest BCUT2D eigenvalue weighted by Crippen LogP contribution is 2.02. The van der Waals surface area contributed by atoms with Crippen LogP contribution < -0.4 is 0 Å². The summed E-state index contributed by atoms with van der Waals surface area (Å²) in [5.74, 6) is -0.610. The van der Waals surface area contributed by atoms with Crippen molar-refractivity contribution in [3.05, 3.63) is 12.2 Å². The molecule has 0 N–H and O–H groups in total. The number of ether oxygens (including phenoxy) is 11. The zero-order valence-electron chi connectivity index (χ0n) is 28.0. The van der Waals surface area contributed by atoms with Crippen molar-refractivity contribution in [1.82, 2.24) is 4.90 Å². The SMILES string of the molecule is CCCCCCOCCOCCOCCOCCOCCOCCOCCOCCOCCOCCOCCN1C(=O)C=CC1=O. The lowest BCUT2D eigenvalue weighted by atomic mass is 10.2. The number of carbonyl (C=O) groups excluding carboxylic acids is 2. The molecule has 2 amide bonds. The van der Waals surface area contributed by atoms with E-state index in [0.717, 1.165) is 17.9 Å². The summed E-state index contributed by atoms with van der Waals surface area (Å²) < 4.78 is 60.0. The molecule has 1 aliphatic rings. The van der Waals surface area contributed by atoms with Crippen molar-refractivity contribution in [1.29, 1.82) is 0 Å². The van der Waals surface area contributed by atoms with Crippen molar-refractivity contribution < 1.29 is 61.7 Å². The second-order valence-corrected chi connectivity index (χ2v) is 9.96. The Morgan fingerprint density at radius 3 is 0.913 bits per heavy atom. The number of amides is 2. The van der Waals surface area contributed by atoms with E-state index >= 15 is 0 Å². The van der Waals surface area contributed by atoms with Gasteiger partial charge in [0.05, 0.1) is 145 Å². The third-order valence-corrected chi connectivity index (χ3v) is 6.22. The lowest BCUT2D eigenvalue weighted by Gasteiger charge is -2.13. The van der Waals surface area contributed by atoms with E-state index in [0.29, 0.717) is 132 Å². The van der Waals surface area contributed by atoms with Crippen molar-refractivity contribution in [2.75, 3.05) is 152 Å². The van der Waals surface area contributed by atoms with Gasteiger partial charge in [-0.25, -0.2) is 0 Å². The summed E-state index contributed by atoms with van der Waals surface area (Å²) in [6.45, 7) is 13.6. The molecule has 0 aromatic heterocycles. The van der Waals surface area contributed by atoms with Crippen molar-refractivity contribution in [2.24, 2.45) is 0 Å². The van der Waals surface area contributed by atoms with E-state index in [1.807, 2.05) is 0 Å². The van der Waals surface area contributed by atoms with Crippen LogP contribution in [0.25, 0.3) is 0 Å². The van der Waals surface area contributed by atoms with Crippen molar-refractivity contribution in [2.45, 2.75) is 32.6 Å². The Hall–Kier alpha value is -1.56. The second kappa shape index (κ2) is 34.8. The molecule has 14 nitrogen and oxygen atoms in total. The number of carbonyl (C=O) groups is 2. The summed E-state index contributed by atoms with van der Waals surface area (Å²) in [6.07, 6.45) is 7.39. The lowest BCUT2D eigenvalue weighted by Crippen LogP contribution is -2.33. The molecule has 0 spiro atoms. The van der Waals surface area contributed by atoms with E-state index in [4.69, 9.17) is 52.1 Å². The average Bonchev–Trinajstić information content (AvgIpc) is 3.38. The van der Waals surface area contributed by atoms with Gasteiger partial charge in [0.2, 0.25) is 0 Å².